The number of carbonyl (C=O) groups excluding carboxylic acids is 1. The topological polar surface area (TPSA) is 80.7 Å². The fraction of sp³-hybridized carbons (Fsp3) is 0.933. The van der Waals surface area contributed by atoms with Crippen LogP contribution in [0.2, 0.25) is 0 Å². The Morgan fingerprint density at radius 2 is 1.43 bits per heavy atom. The summed E-state index contributed by atoms with van der Waals surface area (Å²) in [5, 5.41) is 8.37. The van der Waals surface area contributed by atoms with Crippen LogP contribution in [0, 0.1) is 0 Å². The zero-order valence-corrected chi connectivity index (χ0v) is 14.0. The van der Waals surface area contributed by atoms with Crippen LogP contribution in [0.25, 0.3) is 0 Å². The number of unbranched alkanes of at least 4 members (excludes halogenated alkanes) is 8. The Morgan fingerprint density at radius 1 is 0.905 bits per heavy atom. The summed E-state index contributed by atoms with van der Waals surface area (Å²) in [6.45, 7) is 1.34. The first-order valence-corrected chi connectivity index (χ1v) is 9.59. The molecule has 6 heteroatoms. The minimum absolute atomic E-state index is 0.0284. The zero-order chi connectivity index (χ0) is 16.0. The standard InChI is InChI=1S/C15H30O5S/c1-2-3-4-5-6-7-8-9-10-11-15(17)12-13-21(18,19)20-14-16/h16H,2-14H2,1H3. The maximum Gasteiger partial charge on any atom is 0.269 e. The lowest BCUT2D eigenvalue weighted by Gasteiger charge is -2.03. The third-order valence-corrected chi connectivity index (χ3v) is 4.59. The van der Waals surface area contributed by atoms with Crippen molar-refractivity contribution in [3.05, 3.63) is 0 Å². The molecule has 0 amide bonds. The predicted octanol–water partition coefficient (Wildman–Crippen LogP) is 3.16. The van der Waals surface area contributed by atoms with E-state index in [1.807, 2.05) is 0 Å². The van der Waals surface area contributed by atoms with Gasteiger partial charge in [-0.25, -0.2) is 4.18 Å². The summed E-state index contributed by atoms with van der Waals surface area (Å²) in [4.78, 5) is 11.5. The molecule has 0 aromatic carbocycles. The Morgan fingerprint density at radius 3 is 1.95 bits per heavy atom. The SMILES string of the molecule is CCCCCCCCCCCC(=O)CCS(=O)(=O)OCO. The smallest absolute Gasteiger partial charge is 0.269 e. The van der Waals surface area contributed by atoms with Gasteiger partial charge < -0.3 is 5.11 Å². The first kappa shape index (κ1) is 20.5. The highest BCUT2D eigenvalue weighted by molar-refractivity contribution is 7.86. The van der Waals surface area contributed by atoms with Gasteiger partial charge in [0.1, 0.15) is 5.78 Å². The Hall–Kier alpha value is -0.460. The fourth-order valence-electron chi connectivity index (χ4n) is 2.14. The van der Waals surface area contributed by atoms with Crippen LogP contribution in [-0.4, -0.2) is 31.9 Å². The van der Waals surface area contributed by atoms with Gasteiger partial charge in [0.05, 0.1) is 5.75 Å². The van der Waals surface area contributed by atoms with E-state index in [2.05, 4.69) is 11.1 Å². The number of hydrogen-bond acceptors (Lipinski definition) is 5. The summed E-state index contributed by atoms with van der Waals surface area (Å²) in [6, 6.07) is 0. The maximum atomic E-state index is 11.5. The Balaban J connectivity index is 3.42. The average Bonchev–Trinajstić information content (AvgIpc) is 2.43. The monoisotopic (exact) mass is 322 g/mol. The van der Waals surface area contributed by atoms with Gasteiger partial charge in [-0.2, -0.15) is 8.42 Å². The predicted molar refractivity (Wildman–Crippen MR) is 83.4 cm³/mol. The van der Waals surface area contributed by atoms with Gasteiger partial charge in [-0.05, 0) is 6.42 Å². The molecule has 0 heterocycles. The second kappa shape index (κ2) is 13.2. The van der Waals surface area contributed by atoms with Gasteiger partial charge in [0, 0.05) is 12.8 Å². The van der Waals surface area contributed by atoms with Crippen LogP contribution in [0.3, 0.4) is 0 Å². The average molecular weight is 322 g/mol. The van der Waals surface area contributed by atoms with Crippen molar-refractivity contribution in [3.8, 4) is 0 Å². The first-order valence-electron chi connectivity index (χ1n) is 8.01. The van der Waals surface area contributed by atoms with E-state index in [1.165, 1.54) is 38.5 Å². The van der Waals surface area contributed by atoms with E-state index in [0.717, 1.165) is 19.3 Å². The van der Waals surface area contributed by atoms with Gasteiger partial charge in [0.2, 0.25) is 0 Å². The van der Waals surface area contributed by atoms with Gasteiger partial charge in [0.25, 0.3) is 10.1 Å². The highest BCUT2D eigenvalue weighted by atomic mass is 32.2. The molecule has 0 aromatic heterocycles. The van der Waals surface area contributed by atoms with Crippen LogP contribution >= 0.6 is 0 Å². The lowest BCUT2D eigenvalue weighted by molar-refractivity contribution is -0.118. The molecule has 21 heavy (non-hydrogen) atoms. The molecule has 126 valence electrons. The van der Waals surface area contributed by atoms with Gasteiger partial charge in [-0.1, -0.05) is 58.3 Å². The number of hydrogen-bond donors (Lipinski definition) is 1. The Bertz CT molecular complexity index is 351. The van der Waals surface area contributed by atoms with E-state index in [9.17, 15) is 13.2 Å². The first-order chi connectivity index (χ1) is 10.0. The summed E-state index contributed by atoms with van der Waals surface area (Å²) in [6.07, 6.45) is 11.1. The van der Waals surface area contributed by atoms with Gasteiger partial charge in [-0.15, -0.1) is 0 Å². The van der Waals surface area contributed by atoms with Gasteiger partial charge in [0.15, 0.2) is 6.79 Å². The molecule has 1 N–H and O–H groups in total. The molecule has 0 atom stereocenters. The molecule has 0 unspecified atom stereocenters. The molecule has 0 spiro atoms. The molecular formula is C15H30O5S. The number of aliphatic hydroxyl groups excluding tert-OH is 1. The molecule has 0 bridgehead atoms. The summed E-state index contributed by atoms with van der Waals surface area (Å²) in [7, 11) is -3.75. The van der Waals surface area contributed by atoms with E-state index in [1.54, 1.807) is 0 Å². The normalized spacial score (nSPS) is 11.7. The third kappa shape index (κ3) is 14.2. The lowest BCUT2D eigenvalue weighted by atomic mass is 10.1. The maximum absolute atomic E-state index is 11.5. The van der Waals surface area contributed by atoms with Crippen molar-refractivity contribution in [2.75, 3.05) is 12.5 Å². The van der Waals surface area contributed by atoms with E-state index in [-0.39, 0.29) is 18.0 Å². The minimum Gasteiger partial charge on any atom is -0.369 e. The van der Waals surface area contributed by atoms with Crippen molar-refractivity contribution in [3.63, 3.8) is 0 Å². The molecule has 0 saturated heterocycles. The Kier molecular flexibility index (Phi) is 12.9. The van der Waals surface area contributed by atoms with Crippen LogP contribution in [0.4, 0.5) is 0 Å². The number of ketones is 1. The van der Waals surface area contributed by atoms with Crippen molar-refractivity contribution in [1.29, 1.82) is 0 Å². The molecule has 0 aliphatic carbocycles. The van der Waals surface area contributed by atoms with E-state index in [4.69, 9.17) is 5.11 Å². The number of rotatable bonds is 15. The summed E-state index contributed by atoms with van der Waals surface area (Å²) in [5.74, 6) is -0.396. The van der Waals surface area contributed by atoms with Crippen LogP contribution in [-0.2, 0) is 19.1 Å². The third-order valence-electron chi connectivity index (χ3n) is 3.42. The van der Waals surface area contributed by atoms with Crippen molar-refractivity contribution in [2.45, 2.75) is 77.6 Å². The van der Waals surface area contributed by atoms with Crippen molar-refractivity contribution in [2.24, 2.45) is 0 Å². The molecule has 5 nitrogen and oxygen atoms in total. The second-order valence-corrected chi connectivity index (χ2v) is 7.14. The van der Waals surface area contributed by atoms with E-state index in [0.29, 0.717) is 6.42 Å². The molecule has 0 fully saturated rings. The molecule has 0 aliphatic rings. The zero-order valence-electron chi connectivity index (χ0n) is 13.2. The molecule has 0 rings (SSSR count). The van der Waals surface area contributed by atoms with Gasteiger partial charge in [-0.3, -0.25) is 4.79 Å². The molecule has 0 radical (unpaired) electrons. The van der Waals surface area contributed by atoms with Gasteiger partial charge >= 0.3 is 0 Å². The summed E-state index contributed by atoms with van der Waals surface area (Å²) in [5.41, 5.74) is 0. The highest BCUT2D eigenvalue weighted by Gasteiger charge is 2.13. The summed E-state index contributed by atoms with van der Waals surface area (Å²) < 4.78 is 26.4. The Labute approximate surface area is 129 Å². The van der Waals surface area contributed by atoms with Crippen LogP contribution in [0.5, 0.6) is 0 Å². The number of carbonyl (C=O) groups is 1. The van der Waals surface area contributed by atoms with Crippen molar-refractivity contribution >= 4 is 15.9 Å². The van der Waals surface area contributed by atoms with Crippen LogP contribution in [0.15, 0.2) is 0 Å². The number of Topliss-reactive ketones (excluding diaryl/α,β-unsaturated/α-hetero) is 1. The van der Waals surface area contributed by atoms with E-state index < -0.39 is 16.9 Å². The van der Waals surface area contributed by atoms with Crippen LogP contribution in [0.1, 0.15) is 77.6 Å². The highest BCUT2D eigenvalue weighted by Crippen LogP contribution is 2.11. The number of aliphatic hydroxyl groups is 1. The minimum atomic E-state index is -3.75. The summed E-state index contributed by atoms with van der Waals surface area (Å²) >= 11 is 0. The fourth-order valence-corrected chi connectivity index (χ4v) is 2.89. The quantitative estimate of drug-likeness (QED) is 0.284. The molecule has 0 saturated carbocycles. The van der Waals surface area contributed by atoms with Crippen LogP contribution < -0.4 is 0 Å². The van der Waals surface area contributed by atoms with E-state index >= 15 is 0 Å². The molecular weight excluding hydrogens is 292 g/mol. The van der Waals surface area contributed by atoms with Crippen molar-refractivity contribution < 1.29 is 22.5 Å². The molecule has 0 aliphatic heterocycles. The second-order valence-electron chi connectivity index (χ2n) is 5.38. The largest absolute Gasteiger partial charge is 0.369 e. The molecule has 0 aromatic rings. The van der Waals surface area contributed by atoms with Crippen molar-refractivity contribution in [1.82, 2.24) is 0 Å². The lowest BCUT2D eigenvalue weighted by Crippen LogP contribution is -2.14.